The minimum absolute atomic E-state index is 0.0106. The summed E-state index contributed by atoms with van der Waals surface area (Å²) in [6.07, 6.45) is -0.112. The summed E-state index contributed by atoms with van der Waals surface area (Å²) in [5.41, 5.74) is 5.40. The van der Waals surface area contributed by atoms with Crippen LogP contribution in [0.5, 0.6) is 0 Å². The van der Waals surface area contributed by atoms with Gasteiger partial charge in [0.05, 0.1) is 18.4 Å². The molecule has 0 saturated carbocycles. The summed E-state index contributed by atoms with van der Waals surface area (Å²) >= 11 is 0. The Hall–Kier alpha value is -1.67. The van der Waals surface area contributed by atoms with Crippen LogP contribution in [-0.2, 0) is 19.6 Å². The predicted octanol–water partition coefficient (Wildman–Crippen LogP) is 0.558. The molecule has 0 aromatic heterocycles. The zero-order valence-electron chi connectivity index (χ0n) is 10.6. The third kappa shape index (κ3) is 3.90. The molecule has 0 amide bonds. The largest absolute Gasteiger partial charge is 0.469 e. The number of hydrogen-bond acceptors (Lipinski definition) is 5. The molecule has 0 saturated heterocycles. The Morgan fingerprint density at radius 1 is 1.47 bits per heavy atom. The second kappa shape index (κ2) is 5.98. The van der Waals surface area contributed by atoms with E-state index >= 15 is 0 Å². The van der Waals surface area contributed by atoms with Crippen LogP contribution in [0.2, 0.25) is 0 Å². The van der Waals surface area contributed by atoms with Gasteiger partial charge in [-0.15, -0.1) is 0 Å². The quantitative estimate of drug-likeness (QED) is 0.610. The molecule has 1 aromatic carbocycles. The summed E-state index contributed by atoms with van der Waals surface area (Å²) in [5.74, 6) is -1.24. The van der Waals surface area contributed by atoms with Crippen molar-refractivity contribution in [1.29, 1.82) is 0 Å². The van der Waals surface area contributed by atoms with Crippen molar-refractivity contribution in [2.24, 2.45) is 0 Å². The van der Waals surface area contributed by atoms with Crippen LogP contribution in [0.1, 0.15) is 12.0 Å². The molecular formula is C11H15FN2O4S. The van der Waals surface area contributed by atoms with E-state index in [9.17, 15) is 17.6 Å². The Kier molecular flexibility index (Phi) is 4.84. The highest BCUT2D eigenvalue weighted by molar-refractivity contribution is 7.89. The van der Waals surface area contributed by atoms with Gasteiger partial charge in [-0.3, -0.25) is 4.79 Å². The van der Waals surface area contributed by atoms with Crippen molar-refractivity contribution < 1.29 is 22.3 Å². The number of rotatable bonds is 5. The van der Waals surface area contributed by atoms with Crippen molar-refractivity contribution in [3.05, 3.63) is 23.5 Å². The number of sulfonamides is 1. The highest BCUT2D eigenvalue weighted by Gasteiger charge is 2.19. The fourth-order valence-electron chi connectivity index (χ4n) is 1.42. The van der Waals surface area contributed by atoms with Crippen LogP contribution < -0.4 is 10.5 Å². The molecule has 0 aliphatic heterocycles. The number of carbonyl (C=O) groups excluding carboxylic acids is 1. The topological polar surface area (TPSA) is 98.5 Å². The van der Waals surface area contributed by atoms with Crippen molar-refractivity contribution in [2.75, 3.05) is 19.4 Å². The first-order valence-electron chi connectivity index (χ1n) is 5.40. The first kappa shape index (κ1) is 15.4. The maximum absolute atomic E-state index is 13.4. The zero-order chi connectivity index (χ0) is 14.6. The lowest BCUT2D eigenvalue weighted by Gasteiger charge is -2.10. The maximum Gasteiger partial charge on any atom is 0.306 e. The molecule has 0 aliphatic rings. The van der Waals surface area contributed by atoms with Crippen molar-refractivity contribution in [3.8, 4) is 0 Å². The molecule has 8 heteroatoms. The van der Waals surface area contributed by atoms with Gasteiger partial charge in [-0.1, -0.05) is 0 Å². The standard InChI is InChI=1S/C11H15FN2O4S/c1-7-9(12)5-8(13)6-10(7)19(16,17)14-4-3-11(15)18-2/h5-6,14H,3-4,13H2,1-2H3. The van der Waals surface area contributed by atoms with Gasteiger partial charge >= 0.3 is 5.97 Å². The van der Waals surface area contributed by atoms with Crippen LogP contribution in [0.15, 0.2) is 17.0 Å². The third-order valence-electron chi connectivity index (χ3n) is 2.46. The van der Waals surface area contributed by atoms with Crippen LogP contribution in [0.4, 0.5) is 10.1 Å². The van der Waals surface area contributed by atoms with Gasteiger partial charge in [-0.05, 0) is 19.1 Å². The molecule has 0 atom stereocenters. The number of nitrogen functional groups attached to an aromatic ring is 1. The zero-order valence-corrected chi connectivity index (χ0v) is 11.4. The average molecular weight is 290 g/mol. The first-order valence-corrected chi connectivity index (χ1v) is 6.88. The predicted molar refractivity (Wildman–Crippen MR) is 67.4 cm³/mol. The minimum Gasteiger partial charge on any atom is -0.469 e. The van der Waals surface area contributed by atoms with Crippen molar-refractivity contribution in [1.82, 2.24) is 4.72 Å². The Bertz CT molecular complexity index is 587. The number of benzene rings is 1. The van der Waals surface area contributed by atoms with E-state index in [1.54, 1.807) is 0 Å². The van der Waals surface area contributed by atoms with Gasteiger partial charge in [0.1, 0.15) is 5.82 Å². The third-order valence-corrected chi connectivity index (χ3v) is 4.04. The highest BCUT2D eigenvalue weighted by atomic mass is 32.2. The molecule has 0 aliphatic carbocycles. The summed E-state index contributed by atoms with van der Waals surface area (Å²) in [4.78, 5) is 10.6. The summed E-state index contributed by atoms with van der Waals surface area (Å²) in [6, 6.07) is 2.21. The van der Waals surface area contributed by atoms with Crippen LogP contribution in [0.25, 0.3) is 0 Å². The monoisotopic (exact) mass is 290 g/mol. The van der Waals surface area contributed by atoms with E-state index in [2.05, 4.69) is 9.46 Å². The summed E-state index contributed by atoms with van der Waals surface area (Å²) in [7, 11) is -2.71. The van der Waals surface area contributed by atoms with Gasteiger partial charge in [-0.2, -0.15) is 0 Å². The average Bonchev–Trinajstić information content (AvgIpc) is 2.33. The van der Waals surface area contributed by atoms with E-state index in [1.165, 1.54) is 20.1 Å². The number of nitrogens with one attached hydrogen (secondary N) is 1. The fourth-order valence-corrected chi connectivity index (χ4v) is 2.74. The van der Waals surface area contributed by atoms with Gasteiger partial charge in [0, 0.05) is 17.8 Å². The van der Waals surface area contributed by atoms with E-state index < -0.39 is 21.8 Å². The van der Waals surface area contributed by atoms with E-state index in [-0.39, 0.29) is 29.1 Å². The van der Waals surface area contributed by atoms with E-state index in [1.807, 2.05) is 0 Å². The molecule has 3 N–H and O–H groups in total. The Balaban J connectivity index is 2.92. The number of methoxy groups -OCH3 is 1. The van der Waals surface area contributed by atoms with E-state index in [4.69, 9.17) is 5.73 Å². The first-order chi connectivity index (χ1) is 8.77. The van der Waals surface area contributed by atoms with Gasteiger partial charge < -0.3 is 10.5 Å². The Morgan fingerprint density at radius 3 is 2.68 bits per heavy atom. The molecule has 0 fully saturated rings. The van der Waals surface area contributed by atoms with Crippen LogP contribution in [0, 0.1) is 12.7 Å². The Morgan fingerprint density at radius 2 is 2.11 bits per heavy atom. The van der Waals surface area contributed by atoms with Crippen molar-refractivity contribution >= 4 is 21.7 Å². The molecule has 0 spiro atoms. The number of esters is 1. The minimum atomic E-state index is -3.92. The van der Waals surface area contributed by atoms with Crippen molar-refractivity contribution in [3.63, 3.8) is 0 Å². The second-order valence-corrected chi connectivity index (χ2v) is 5.59. The maximum atomic E-state index is 13.4. The van der Waals surface area contributed by atoms with E-state index in [0.29, 0.717) is 0 Å². The summed E-state index contributed by atoms with van der Waals surface area (Å²) in [5, 5.41) is 0. The molecule has 0 radical (unpaired) electrons. The van der Waals surface area contributed by atoms with Gasteiger partial charge in [0.2, 0.25) is 10.0 Å². The van der Waals surface area contributed by atoms with Gasteiger partial charge in [0.25, 0.3) is 0 Å². The summed E-state index contributed by atoms with van der Waals surface area (Å²) in [6.45, 7) is 1.20. The lowest BCUT2D eigenvalue weighted by molar-refractivity contribution is -0.140. The molecule has 106 valence electrons. The molecule has 0 heterocycles. The molecule has 0 bridgehead atoms. The fraction of sp³-hybridized carbons (Fsp3) is 0.364. The molecule has 0 unspecified atom stereocenters. The lowest BCUT2D eigenvalue weighted by Crippen LogP contribution is -2.27. The SMILES string of the molecule is COC(=O)CCNS(=O)(=O)c1cc(N)cc(F)c1C. The number of halogens is 1. The second-order valence-electron chi connectivity index (χ2n) is 3.85. The molecule has 19 heavy (non-hydrogen) atoms. The van der Waals surface area contributed by atoms with Crippen LogP contribution >= 0.6 is 0 Å². The highest BCUT2D eigenvalue weighted by Crippen LogP contribution is 2.21. The summed E-state index contributed by atoms with van der Waals surface area (Å²) < 4.78 is 43.9. The molecule has 1 rings (SSSR count). The van der Waals surface area contributed by atoms with Gasteiger partial charge in [0.15, 0.2) is 0 Å². The normalized spacial score (nSPS) is 11.3. The van der Waals surface area contributed by atoms with Crippen LogP contribution in [-0.4, -0.2) is 28.0 Å². The van der Waals surface area contributed by atoms with Gasteiger partial charge in [-0.25, -0.2) is 17.5 Å². The van der Waals surface area contributed by atoms with Crippen molar-refractivity contribution in [2.45, 2.75) is 18.2 Å². The number of hydrogen-bond donors (Lipinski definition) is 2. The number of ether oxygens (including phenoxy) is 1. The Labute approximate surface area is 110 Å². The number of carbonyl (C=O) groups is 1. The van der Waals surface area contributed by atoms with Crippen LogP contribution in [0.3, 0.4) is 0 Å². The number of anilines is 1. The smallest absolute Gasteiger partial charge is 0.306 e. The molecule has 1 aromatic rings. The molecule has 6 nitrogen and oxygen atoms in total. The lowest BCUT2D eigenvalue weighted by atomic mass is 10.2. The van der Waals surface area contributed by atoms with E-state index in [0.717, 1.165) is 6.07 Å². The molecular weight excluding hydrogens is 275 g/mol. The number of nitrogens with two attached hydrogens (primary N) is 1.